The summed E-state index contributed by atoms with van der Waals surface area (Å²) in [6.07, 6.45) is 0.110. The number of fused-ring (bicyclic) bond motifs is 1. The summed E-state index contributed by atoms with van der Waals surface area (Å²) in [6.45, 7) is 0.123. The van der Waals surface area contributed by atoms with Crippen molar-refractivity contribution in [2.24, 2.45) is 0 Å². The minimum absolute atomic E-state index is 0.110. The van der Waals surface area contributed by atoms with Crippen molar-refractivity contribution in [2.45, 2.75) is 19.0 Å². The molecule has 2 rings (SSSR count). The van der Waals surface area contributed by atoms with E-state index in [1.54, 1.807) is 0 Å². The average molecular weight is 213 g/mol. The van der Waals surface area contributed by atoms with Gasteiger partial charge in [-0.15, -0.1) is 0 Å². The highest BCUT2D eigenvalue weighted by atomic mass is 19.1. The van der Waals surface area contributed by atoms with E-state index in [9.17, 15) is 13.6 Å². The SMILES string of the molecule is O=C(O)[C@@H]1Cc2cc(F)cc(F)c2CN1. The third-order valence-corrected chi connectivity index (χ3v) is 2.50. The van der Waals surface area contributed by atoms with Gasteiger partial charge in [-0.05, 0) is 18.1 Å². The van der Waals surface area contributed by atoms with Gasteiger partial charge in [0.15, 0.2) is 0 Å². The van der Waals surface area contributed by atoms with Crippen LogP contribution in [0.25, 0.3) is 0 Å². The summed E-state index contributed by atoms with van der Waals surface area (Å²) in [5.74, 6) is -2.30. The molecule has 0 bridgehead atoms. The van der Waals surface area contributed by atoms with Crippen molar-refractivity contribution in [2.75, 3.05) is 0 Å². The Morgan fingerprint density at radius 2 is 2.20 bits per heavy atom. The highest BCUT2D eigenvalue weighted by Crippen LogP contribution is 2.21. The molecule has 3 nitrogen and oxygen atoms in total. The highest BCUT2D eigenvalue weighted by molar-refractivity contribution is 5.74. The number of carboxylic acids is 1. The van der Waals surface area contributed by atoms with Crippen LogP contribution in [-0.4, -0.2) is 17.1 Å². The van der Waals surface area contributed by atoms with E-state index in [0.29, 0.717) is 11.1 Å². The maximum Gasteiger partial charge on any atom is 0.321 e. The molecule has 0 aromatic heterocycles. The lowest BCUT2D eigenvalue weighted by atomic mass is 9.95. The first-order chi connectivity index (χ1) is 7.08. The van der Waals surface area contributed by atoms with Gasteiger partial charge in [-0.25, -0.2) is 8.78 Å². The van der Waals surface area contributed by atoms with E-state index in [4.69, 9.17) is 5.11 Å². The van der Waals surface area contributed by atoms with Crippen LogP contribution in [0, 0.1) is 11.6 Å². The lowest BCUT2D eigenvalue weighted by molar-refractivity contribution is -0.139. The van der Waals surface area contributed by atoms with Crippen molar-refractivity contribution in [3.63, 3.8) is 0 Å². The first kappa shape index (κ1) is 10.0. The topological polar surface area (TPSA) is 49.3 Å². The summed E-state index contributed by atoms with van der Waals surface area (Å²) in [4.78, 5) is 10.7. The summed E-state index contributed by atoms with van der Waals surface area (Å²) in [7, 11) is 0. The van der Waals surface area contributed by atoms with Crippen molar-refractivity contribution in [3.05, 3.63) is 34.9 Å². The highest BCUT2D eigenvalue weighted by Gasteiger charge is 2.25. The molecule has 15 heavy (non-hydrogen) atoms. The van der Waals surface area contributed by atoms with Crippen LogP contribution in [0.1, 0.15) is 11.1 Å². The normalized spacial score (nSPS) is 19.7. The van der Waals surface area contributed by atoms with Crippen molar-refractivity contribution >= 4 is 5.97 Å². The Hall–Kier alpha value is -1.49. The molecule has 2 N–H and O–H groups in total. The van der Waals surface area contributed by atoms with Gasteiger partial charge in [0.2, 0.25) is 0 Å². The Kier molecular flexibility index (Phi) is 2.40. The van der Waals surface area contributed by atoms with Gasteiger partial charge in [-0.3, -0.25) is 10.1 Å². The first-order valence-corrected chi connectivity index (χ1v) is 4.51. The lowest BCUT2D eigenvalue weighted by Crippen LogP contribution is -2.42. The third kappa shape index (κ3) is 1.83. The molecule has 1 aliphatic rings. The van der Waals surface area contributed by atoms with E-state index >= 15 is 0 Å². The third-order valence-electron chi connectivity index (χ3n) is 2.50. The second kappa shape index (κ2) is 3.58. The Balaban J connectivity index is 2.37. The Morgan fingerprint density at radius 3 is 2.87 bits per heavy atom. The maximum atomic E-state index is 13.2. The fourth-order valence-corrected chi connectivity index (χ4v) is 1.73. The number of carbonyl (C=O) groups is 1. The predicted octanol–water partition coefficient (Wildman–Crippen LogP) is 1.06. The van der Waals surface area contributed by atoms with Gasteiger partial charge in [0, 0.05) is 18.2 Å². The molecule has 0 spiro atoms. The zero-order valence-corrected chi connectivity index (χ0v) is 7.76. The molecule has 80 valence electrons. The quantitative estimate of drug-likeness (QED) is 0.733. The molecule has 0 amide bonds. The molecular weight excluding hydrogens is 204 g/mol. The second-order valence-electron chi connectivity index (χ2n) is 3.50. The predicted molar refractivity (Wildman–Crippen MR) is 48.3 cm³/mol. The number of nitrogens with one attached hydrogen (secondary N) is 1. The molecule has 1 heterocycles. The summed E-state index contributed by atoms with van der Waals surface area (Å²) >= 11 is 0. The zero-order chi connectivity index (χ0) is 11.0. The van der Waals surface area contributed by atoms with Crippen LogP contribution in [0.15, 0.2) is 12.1 Å². The van der Waals surface area contributed by atoms with Crippen molar-refractivity contribution < 1.29 is 18.7 Å². The molecule has 5 heteroatoms. The summed E-state index contributed by atoms with van der Waals surface area (Å²) in [5.41, 5.74) is 0.785. The first-order valence-electron chi connectivity index (χ1n) is 4.51. The van der Waals surface area contributed by atoms with Gasteiger partial charge in [0.05, 0.1) is 0 Å². The van der Waals surface area contributed by atoms with Crippen molar-refractivity contribution in [1.82, 2.24) is 5.32 Å². The largest absolute Gasteiger partial charge is 0.480 e. The molecule has 0 radical (unpaired) electrons. The number of carboxylic acid groups (broad SMARTS) is 1. The van der Waals surface area contributed by atoms with Crippen molar-refractivity contribution in [3.8, 4) is 0 Å². The molecule has 1 aromatic rings. The zero-order valence-electron chi connectivity index (χ0n) is 7.76. The lowest BCUT2D eigenvalue weighted by Gasteiger charge is -2.23. The van der Waals surface area contributed by atoms with Crippen LogP contribution < -0.4 is 5.32 Å². The van der Waals surface area contributed by atoms with Crippen molar-refractivity contribution in [1.29, 1.82) is 0 Å². The Morgan fingerprint density at radius 1 is 1.47 bits per heavy atom. The number of hydrogen-bond donors (Lipinski definition) is 2. The second-order valence-corrected chi connectivity index (χ2v) is 3.50. The van der Waals surface area contributed by atoms with E-state index in [0.717, 1.165) is 6.07 Å². The van der Waals surface area contributed by atoms with E-state index in [1.165, 1.54) is 6.07 Å². The molecule has 0 saturated heterocycles. The van der Waals surface area contributed by atoms with E-state index in [1.807, 2.05) is 0 Å². The van der Waals surface area contributed by atoms with Crippen LogP contribution in [0.4, 0.5) is 8.78 Å². The van der Waals surface area contributed by atoms with Gasteiger partial charge in [0.1, 0.15) is 17.7 Å². The minimum atomic E-state index is -1.01. The van der Waals surface area contributed by atoms with E-state index in [2.05, 4.69) is 5.32 Å². The molecule has 1 atom stereocenters. The summed E-state index contributed by atoms with van der Waals surface area (Å²) in [5, 5.41) is 11.4. The number of rotatable bonds is 1. The average Bonchev–Trinajstić information content (AvgIpc) is 2.16. The monoisotopic (exact) mass is 213 g/mol. The van der Waals surface area contributed by atoms with Gasteiger partial charge in [0.25, 0.3) is 0 Å². The molecule has 0 saturated carbocycles. The fraction of sp³-hybridized carbons (Fsp3) is 0.300. The number of benzene rings is 1. The van der Waals surface area contributed by atoms with E-state index in [-0.39, 0.29) is 13.0 Å². The van der Waals surface area contributed by atoms with Crippen LogP contribution >= 0.6 is 0 Å². The smallest absolute Gasteiger partial charge is 0.321 e. The molecule has 0 fully saturated rings. The fourth-order valence-electron chi connectivity index (χ4n) is 1.73. The molecule has 0 unspecified atom stereocenters. The minimum Gasteiger partial charge on any atom is -0.480 e. The molecular formula is C10H9F2NO2. The van der Waals surface area contributed by atoms with Crippen LogP contribution in [0.5, 0.6) is 0 Å². The molecule has 1 aliphatic heterocycles. The Labute approximate surface area is 84.7 Å². The number of halogens is 2. The number of hydrogen-bond acceptors (Lipinski definition) is 2. The van der Waals surface area contributed by atoms with Gasteiger partial charge < -0.3 is 5.11 Å². The summed E-state index contributed by atoms with van der Waals surface area (Å²) in [6, 6.07) is 1.23. The van der Waals surface area contributed by atoms with E-state index < -0.39 is 23.6 Å². The summed E-state index contributed by atoms with van der Waals surface area (Å²) < 4.78 is 26.1. The Bertz CT molecular complexity index is 420. The van der Waals surface area contributed by atoms with Crippen LogP contribution in [0.3, 0.4) is 0 Å². The van der Waals surface area contributed by atoms with Gasteiger partial charge in [-0.2, -0.15) is 0 Å². The standard InChI is InChI=1S/C10H9F2NO2/c11-6-1-5-2-9(10(14)15)13-4-7(5)8(12)3-6/h1,3,9,13H,2,4H2,(H,14,15)/t9-/m0/s1. The van der Waals surface area contributed by atoms with Crippen LogP contribution in [0.2, 0.25) is 0 Å². The molecule has 1 aromatic carbocycles. The van der Waals surface area contributed by atoms with Gasteiger partial charge in [-0.1, -0.05) is 0 Å². The molecule has 0 aliphatic carbocycles. The van der Waals surface area contributed by atoms with Crippen LogP contribution in [-0.2, 0) is 17.8 Å². The maximum absolute atomic E-state index is 13.2. The number of aliphatic carboxylic acids is 1. The van der Waals surface area contributed by atoms with Gasteiger partial charge >= 0.3 is 5.97 Å².